The van der Waals surface area contributed by atoms with Gasteiger partial charge in [-0.05, 0) is 43.8 Å². The number of pyridine rings is 1. The molecular weight excluding hydrogens is 393 g/mol. The van der Waals surface area contributed by atoms with Gasteiger partial charge in [0.25, 0.3) is 5.56 Å². The number of carbonyl (C=O) groups excluding carboxylic acids is 1. The molecule has 1 unspecified atom stereocenters. The number of amides is 1. The number of nitrogens with zero attached hydrogens (tertiary/aromatic N) is 3. The summed E-state index contributed by atoms with van der Waals surface area (Å²) >= 11 is 0. The van der Waals surface area contributed by atoms with Crippen LogP contribution in [0.3, 0.4) is 0 Å². The summed E-state index contributed by atoms with van der Waals surface area (Å²) in [5.74, 6) is 0.0259. The quantitative estimate of drug-likeness (QED) is 0.755. The van der Waals surface area contributed by atoms with E-state index in [-0.39, 0.29) is 42.1 Å². The third-order valence-electron chi connectivity index (χ3n) is 5.67. The van der Waals surface area contributed by atoms with Crippen LogP contribution >= 0.6 is 24.8 Å². The summed E-state index contributed by atoms with van der Waals surface area (Å²) in [6.07, 6.45) is 4.49. The van der Waals surface area contributed by atoms with E-state index in [1.165, 1.54) is 17.8 Å². The van der Waals surface area contributed by atoms with Crippen molar-refractivity contribution in [1.29, 1.82) is 0 Å². The lowest BCUT2D eigenvalue weighted by Crippen LogP contribution is -2.37. The average Bonchev–Trinajstić information content (AvgIpc) is 3.31. The van der Waals surface area contributed by atoms with Crippen LogP contribution in [-0.2, 0) is 18.9 Å². The van der Waals surface area contributed by atoms with Crippen molar-refractivity contribution in [2.45, 2.75) is 19.3 Å². The molecule has 1 saturated heterocycles. The van der Waals surface area contributed by atoms with Gasteiger partial charge in [-0.15, -0.1) is 24.8 Å². The molecule has 8 nitrogen and oxygen atoms in total. The Kier molecular flexibility index (Phi) is 6.03. The van der Waals surface area contributed by atoms with Gasteiger partial charge in [0.1, 0.15) is 5.65 Å². The first kappa shape index (κ1) is 21.4. The molecule has 0 bridgehead atoms. The second-order valence-corrected chi connectivity index (χ2v) is 7.16. The van der Waals surface area contributed by atoms with Crippen molar-refractivity contribution in [3.8, 4) is 0 Å². The fourth-order valence-electron chi connectivity index (χ4n) is 3.96. The van der Waals surface area contributed by atoms with Gasteiger partial charge in [-0.2, -0.15) is 0 Å². The lowest BCUT2D eigenvalue weighted by atomic mass is 9.92. The highest BCUT2D eigenvalue weighted by Crippen LogP contribution is 2.58. The molecule has 10 heteroatoms. The molecule has 4 rings (SSSR count). The van der Waals surface area contributed by atoms with Crippen molar-refractivity contribution >= 4 is 47.4 Å². The van der Waals surface area contributed by atoms with Crippen molar-refractivity contribution in [2.24, 2.45) is 25.4 Å². The standard InChI is InChI=1S/C17H21N5O3.2ClH/c1-21-13-11(15(24)22(2)16(21)25)7-10(9-19-13)20-14(23)12-8-17(12)3-5-18-6-4-17;;/h7,9,12,18H,3-6,8H2,1-2H3,(H,20,23);2*1H. The lowest BCUT2D eigenvalue weighted by molar-refractivity contribution is -0.118. The highest BCUT2D eigenvalue weighted by atomic mass is 35.5. The first-order valence-electron chi connectivity index (χ1n) is 8.50. The summed E-state index contributed by atoms with van der Waals surface area (Å²) in [4.78, 5) is 41.0. The Morgan fingerprint density at radius 2 is 1.89 bits per heavy atom. The van der Waals surface area contributed by atoms with Gasteiger partial charge in [0.2, 0.25) is 5.91 Å². The molecule has 27 heavy (non-hydrogen) atoms. The predicted octanol–water partition coefficient (Wildman–Crippen LogP) is 0.804. The zero-order valence-electron chi connectivity index (χ0n) is 15.2. The summed E-state index contributed by atoms with van der Waals surface area (Å²) < 4.78 is 2.37. The summed E-state index contributed by atoms with van der Waals surface area (Å²) in [7, 11) is 3.00. The minimum Gasteiger partial charge on any atom is -0.324 e. The lowest BCUT2D eigenvalue weighted by Gasteiger charge is -2.23. The molecule has 1 atom stereocenters. The third kappa shape index (κ3) is 3.49. The van der Waals surface area contributed by atoms with Gasteiger partial charge >= 0.3 is 5.69 Å². The Labute approximate surface area is 168 Å². The van der Waals surface area contributed by atoms with Gasteiger partial charge in [0, 0.05) is 20.0 Å². The monoisotopic (exact) mass is 415 g/mol. The van der Waals surface area contributed by atoms with E-state index in [0.29, 0.717) is 16.7 Å². The summed E-state index contributed by atoms with van der Waals surface area (Å²) in [6, 6.07) is 1.60. The van der Waals surface area contributed by atoms with E-state index in [1.807, 2.05) is 0 Å². The Balaban J connectivity index is 0.00000131. The van der Waals surface area contributed by atoms with Crippen LogP contribution in [0, 0.1) is 11.3 Å². The van der Waals surface area contributed by atoms with Crippen LogP contribution < -0.4 is 21.9 Å². The Morgan fingerprint density at radius 1 is 1.22 bits per heavy atom. The number of piperidine rings is 1. The number of aryl methyl sites for hydroxylation is 1. The van der Waals surface area contributed by atoms with Gasteiger partial charge in [0.05, 0.1) is 17.3 Å². The van der Waals surface area contributed by atoms with Crippen molar-refractivity contribution in [1.82, 2.24) is 19.4 Å². The average molecular weight is 416 g/mol. The molecule has 3 heterocycles. The Bertz CT molecular complexity index is 994. The molecule has 1 amide bonds. The highest BCUT2D eigenvalue weighted by Gasteiger charge is 2.57. The number of anilines is 1. The van der Waals surface area contributed by atoms with Gasteiger partial charge < -0.3 is 10.6 Å². The molecule has 2 aromatic rings. The summed E-state index contributed by atoms with van der Waals surface area (Å²) in [5.41, 5.74) is 0.117. The van der Waals surface area contributed by atoms with E-state index in [4.69, 9.17) is 0 Å². The molecule has 2 aliphatic rings. The third-order valence-corrected chi connectivity index (χ3v) is 5.67. The maximum absolute atomic E-state index is 12.6. The molecule has 1 spiro atoms. The topological polar surface area (TPSA) is 98.0 Å². The van der Waals surface area contributed by atoms with E-state index in [1.54, 1.807) is 13.1 Å². The van der Waals surface area contributed by atoms with Crippen LogP contribution in [0.4, 0.5) is 5.69 Å². The maximum atomic E-state index is 12.6. The SMILES string of the molecule is Cl.Cl.Cn1c(=O)c2cc(NC(=O)C3CC34CCNCC4)cnc2n(C)c1=O. The number of carbonyl (C=O) groups is 1. The fourth-order valence-corrected chi connectivity index (χ4v) is 3.96. The molecule has 0 aromatic carbocycles. The van der Waals surface area contributed by atoms with Crippen molar-refractivity contribution in [2.75, 3.05) is 18.4 Å². The fraction of sp³-hybridized carbons (Fsp3) is 0.529. The van der Waals surface area contributed by atoms with E-state index < -0.39 is 11.2 Å². The number of halogens is 2. The molecule has 1 aliphatic heterocycles. The van der Waals surface area contributed by atoms with Crippen LogP contribution in [0.25, 0.3) is 11.0 Å². The normalized spacial score (nSPS) is 19.9. The zero-order chi connectivity index (χ0) is 17.8. The molecule has 1 aliphatic carbocycles. The molecular formula is C17H23Cl2N5O3. The minimum absolute atomic E-state index is 0. The van der Waals surface area contributed by atoms with Gasteiger partial charge in [-0.3, -0.25) is 18.7 Å². The molecule has 1 saturated carbocycles. The number of nitrogens with one attached hydrogen (secondary N) is 2. The molecule has 2 fully saturated rings. The van der Waals surface area contributed by atoms with Gasteiger partial charge in [-0.25, -0.2) is 9.78 Å². The smallest absolute Gasteiger partial charge is 0.324 e. The molecule has 2 aromatic heterocycles. The van der Waals surface area contributed by atoms with Crippen LogP contribution in [0.2, 0.25) is 0 Å². The van der Waals surface area contributed by atoms with Gasteiger partial charge in [-0.1, -0.05) is 0 Å². The second-order valence-electron chi connectivity index (χ2n) is 7.16. The van der Waals surface area contributed by atoms with Gasteiger partial charge in [0.15, 0.2) is 0 Å². The largest absolute Gasteiger partial charge is 0.332 e. The Morgan fingerprint density at radius 3 is 2.56 bits per heavy atom. The van der Waals surface area contributed by atoms with Crippen LogP contribution in [0.1, 0.15) is 19.3 Å². The van der Waals surface area contributed by atoms with Crippen LogP contribution in [-0.4, -0.2) is 33.1 Å². The van der Waals surface area contributed by atoms with E-state index in [0.717, 1.165) is 36.9 Å². The van der Waals surface area contributed by atoms with Crippen molar-refractivity contribution < 1.29 is 4.79 Å². The maximum Gasteiger partial charge on any atom is 0.332 e. The minimum atomic E-state index is -0.424. The summed E-state index contributed by atoms with van der Waals surface area (Å²) in [5, 5.41) is 6.53. The molecule has 0 radical (unpaired) electrons. The number of hydrogen-bond acceptors (Lipinski definition) is 5. The van der Waals surface area contributed by atoms with E-state index in [9.17, 15) is 14.4 Å². The van der Waals surface area contributed by atoms with Crippen molar-refractivity contribution in [3.63, 3.8) is 0 Å². The second kappa shape index (κ2) is 7.61. The van der Waals surface area contributed by atoms with Crippen LogP contribution in [0.5, 0.6) is 0 Å². The Hall–Kier alpha value is -1.90. The van der Waals surface area contributed by atoms with E-state index >= 15 is 0 Å². The number of hydrogen-bond donors (Lipinski definition) is 2. The first-order valence-corrected chi connectivity index (χ1v) is 8.50. The zero-order valence-corrected chi connectivity index (χ0v) is 16.8. The molecule has 2 N–H and O–H groups in total. The van der Waals surface area contributed by atoms with Crippen LogP contribution in [0.15, 0.2) is 21.9 Å². The first-order chi connectivity index (χ1) is 11.9. The highest BCUT2D eigenvalue weighted by molar-refractivity contribution is 5.96. The number of fused-ring (bicyclic) bond motifs is 1. The summed E-state index contributed by atoms with van der Waals surface area (Å²) in [6.45, 7) is 1.93. The predicted molar refractivity (Wildman–Crippen MR) is 108 cm³/mol. The molecule has 148 valence electrons. The number of rotatable bonds is 2. The van der Waals surface area contributed by atoms with Crippen molar-refractivity contribution in [3.05, 3.63) is 33.1 Å². The van der Waals surface area contributed by atoms with E-state index in [2.05, 4.69) is 15.6 Å². The number of aromatic nitrogens is 3.